The van der Waals surface area contributed by atoms with E-state index < -0.39 is 0 Å². The van der Waals surface area contributed by atoms with E-state index in [2.05, 4.69) is 48.7 Å². The van der Waals surface area contributed by atoms with E-state index in [0.29, 0.717) is 0 Å². The van der Waals surface area contributed by atoms with Crippen LogP contribution in [0.4, 0.5) is 0 Å². The molecule has 0 radical (unpaired) electrons. The van der Waals surface area contributed by atoms with Crippen molar-refractivity contribution >= 4 is 35.8 Å². The van der Waals surface area contributed by atoms with Crippen molar-refractivity contribution in [3.8, 4) is 0 Å². The third-order valence-electron chi connectivity index (χ3n) is 5.79. The fourth-order valence-corrected chi connectivity index (χ4v) is 4.02. The molecule has 0 aromatic heterocycles. The molecule has 2 fully saturated rings. The first-order chi connectivity index (χ1) is 12.9. The Morgan fingerprint density at radius 1 is 1.32 bits per heavy atom. The normalized spacial score (nSPS) is 20.7. The molecule has 1 unspecified atom stereocenters. The lowest BCUT2D eigenvalue weighted by molar-refractivity contribution is -0.133. The molecule has 1 aliphatic heterocycles. The Labute approximate surface area is 186 Å². The number of hydrogen-bond acceptors (Lipinski definition) is 2. The number of aliphatic imine (C=N–C) groups is 1. The molecule has 1 heterocycles. The number of nitrogens with zero attached hydrogens (tertiary/aromatic N) is 2. The average Bonchev–Trinajstić information content (AvgIpc) is 3.29. The van der Waals surface area contributed by atoms with Crippen molar-refractivity contribution < 1.29 is 4.79 Å². The van der Waals surface area contributed by atoms with Gasteiger partial charge in [-0.05, 0) is 44.2 Å². The topological polar surface area (TPSA) is 56.7 Å². The van der Waals surface area contributed by atoms with Crippen LogP contribution in [-0.4, -0.2) is 49.0 Å². The number of guanidine groups is 1. The Kier molecular flexibility index (Phi) is 8.16. The summed E-state index contributed by atoms with van der Waals surface area (Å²) >= 11 is 0. The van der Waals surface area contributed by atoms with Crippen molar-refractivity contribution in [3.63, 3.8) is 0 Å². The van der Waals surface area contributed by atoms with Crippen molar-refractivity contribution in [2.75, 3.05) is 26.2 Å². The monoisotopic (exact) mass is 498 g/mol. The van der Waals surface area contributed by atoms with Gasteiger partial charge < -0.3 is 15.5 Å². The van der Waals surface area contributed by atoms with Crippen molar-refractivity contribution in [2.45, 2.75) is 58.4 Å². The van der Waals surface area contributed by atoms with Gasteiger partial charge in [0.1, 0.15) is 0 Å². The SMILES string of the molecule is CCNC(=NCC1(c2ccccc2C)CC1)NC1CCN(C(=O)C(C)C)C1.I. The smallest absolute Gasteiger partial charge is 0.225 e. The molecule has 6 heteroatoms. The van der Waals surface area contributed by atoms with E-state index in [-0.39, 0.29) is 47.3 Å². The number of aryl methyl sites for hydroxylation is 1. The quantitative estimate of drug-likeness (QED) is 0.359. The van der Waals surface area contributed by atoms with Gasteiger partial charge >= 0.3 is 0 Å². The van der Waals surface area contributed by atoms with Crippen molar-refractivity contribution in [2.24, 2.45) is 10.9 Å². The summed E-state index contributed by atoms with van der Waals surface area (Å²) in [6.45, 7) is 11.5. The summed E-state index contributed by atoms with van der Waals surface area (Å²) in [5.41, 5.74) is 3.02. The molecular formula is C22H35IN4O. The van der Waals surface area contributed by atoms with Crippen LogP contribution in [0.2, 0.25) is 0 Å². The number of benzene rings is 1. The minimum absolute atomic E-state index is 0. The number of carbonyl (C=O) groups excluding carboxylic acids is 1. The van der Waals surface area contributed by atoms with Gasteiger partial charge in [-0.1, -0.05) is 38.1 Å². The maximum Gasteiger partial charge on any atom is 0.225 e. The molecule has 1 atom stereocenters. The molecule has 3 rings (SSSR count). The van der Waals surface area contributed by atoms with Gasteiger partial charge in [-0.2, -0.15) is 0 Å². The van der Waals surface area contributed by atoms with Gasteiger partial charge in [-0.25, -0.2) is 0 Å². The van der Waals surface area contributed by atoms with E-state index in [1.807, 2.05) is 18.7 Å². The number of likely N-dealkylation sites (tertiary alicyclic amines) is 1. The lowest BCUT2D eigenvalue weighted by Gasteiger charge is -2.21. The maximum absolute atomic E-state index is 12.2. The fraction of sp³-hybridized carbons (Fsp3) is 0.636. The predicted molar refractivity (Wildman–Crippen MR) is 126 cm³/mol. The number of rotatable bonds is 6. The van der Waals surface area contributed by atoms with Gasteiger partial charge in [0, 0.05) is 37.0 Å². The zero-order chi connectivity index (χ0) is 19.4. The number of amides is 1. The van der Waals surface area contributed by atoms with E-state index in [4.69, 9.17) is 4.99 Å². The average molecular weight is 498 g/mol. The largest absolute Gasteiger partial charge is 0.357 e. The molecule has 0 spiro atoms. The van der Waals surface area contributed by atoms with Crippen molar-refractivity contribution in [1.29, 1.82) is 0 Å². The molecule has 28 heavy (non-hydrogen) atoms. The second-order valence-corrected chi connectivity index (χ2v) is 8.36. The zero-order valence-corrected chi connectivity index (χ0v) is 20.0. The number of halogens is 1. The first kappa shape index (κ1) is 23.0. The Bertz CT molecular complexity index is 700. The molecule has 1 amide bonds. The third kappa shape index (κ3) is 5.39. The Hall–Kier alpha value is -1.31. The van der Waals surface area contributed by atoms with Gasteiger partial charge in [-0.3, -0.25) is 9.79 Å². The molecule has 2 N–H and O–H groups in total. The van der Waals surface area contributed by atoms with E-state index in [0.717, 1.165) is 38.6 Å². The highest BCUT2D eigenvalue weighted by Crippen LogP contribution is 2.49. The third-order valence-corrected chi connectivity index (χ3v) is 5.79. The van der Waals surface area contributed by atoms with E-state index in [1.165, 1.54) is 24.0 Å². The highest BCUT2D eigenvalue weighted by atomic mass is 127. The van der Waals surface area contributed by atoms with Crippen LogP contribution in [0.15, 0.2) is 29.3 Å². The van der Waals surface area contributed by atoms with Crippen LogP contribution in [0, 0.1) is 12.8 Å². The number of hydrogen-bond donors (Lipinski definition) is 2. The molecular weight excluding hydrogens is 463 g/mol. The van der Waals surface area contributed by atoms with Gasteiger partial charge in [-0.15, -0.1) is 24.0 Å². The standard InChI is InChI=1S/C22H34N4O.HI/c1-5-23-21(25-18-10-13-26(14-18)20(27)16(2)3)24-15-22(11-12-22)19-9-7-6-8-17(19)4;/h6-9,16,18H,5,10-15H2,1-4H3,(H2,23,24,25);1H. The van der Waals surface area contributed by atoms with Gasteiger partial charge in [0.15, 0.2) is 5.96 Å². The highest BCUT2D eigenvalue weighted by molar-refractivity contribution is 14.0. The van der Waals surface area contributed by atoms with E-state index in [1.54, 1.807) is 0 Å². The Balaban J connectivity index is 0.00000280. The van der Waals surface area contributed by atoms with E-state index >= 15 is 0 Å². The molecule has 1 aromatic carbocycles. The minimum Gasteiger partial charge on any atom is -0.357 e. The predicted octanol–water partition coefficient (Wildman–Crippen LogP) is 3.46. The lowest BCUT2D eigenvalue weighted by Crippen LogP contribution is -2.45. The summed E-state index contributed by atoms with van der Waals surface area (Å²) in [4.78, 5) is 19.1. The second-order valence-electron chi connectivity index (χ2n) is 8.36. The minimum atomic E-state index is 0. The second kappa shape index (κ2) is 9.94. The fourth-order valence-electron chi connectivity index (χ4n) is 4.02. The summed E-state index contributed by atoms with van der Waals surface area (Å²) < 4.78 is 0. The lowest BCUT2D eigenvalue weighted by atomic mass is 9.92. The highest BCUT2D eigenvalue weighted by Gasteiger charge is 2.45. The van der Waals surface area contributed by atoms with Crippen LogP contribution in [0.25, 0.3) is 0 Å². The van der Waals surface area contributed by atoms with Crippen LogP contribution in [0.1, 0.15) is 51.2 Å². The van der Waals surface area contributed by atoms with Crippen LogP contribution in [-0.2, 0) is 10.2 Å². The molecule has 156 valence electrons. The van der Waals surface area contributed by atoms with Crippen molar-refractivity contribution in [3.05, 3.63) is 35.4 Å². The Morgan fingerprint density at radius 2 is 2.04 bits per heavy atom. The van der Waals surface area contributed by atoms with Crippen LogP contribution >= 0.6 is 24.0 Å². The molecule has 0 bridgehead atoms. The zero-order valence-electron chi connectivity index (χ0n) is 17.6. The van der Waals surface area contributed by atoms with Gasteiger partial charge in [0.05, 0.1) is 6.54 Å². The van der Waals surface area contributed by atoms with Crippen LogP contribution in [0.3, 0.4) is 0 Å². The van der Waals surface area contributed by atoms with Crippen molar-refractivity contribution in [1.82, 2.24) is 15.5 Å². The molecule has 1 aliphatic carbocycles. The van der Waals surface area contributed by atoms with Crippen LogP contribution < -0.4 is 10.6 Å². The summed E-state index contributed by atoms with van der Waals surface area (Å²) in [7, 11) is 0. The summed E-state index contributed by atoms with van der Waals surface area (Å²) in [6.07, 6.45) is 3.40. The van der Waals surface area contributed by atoms with Crippen LogP contribution in [0.5, 0.6) is 0 Å². The first-order valence-electron chi connectivity index (χ1n) is 10.3. The summed E-state index contributed by atoms with van der Waals surface area (Å²) in [6, 6.07) is 8.97. The number of nitrogens with one attached hydrogen (secondary N) is 2. The van der Waals surface area contributed by atoms with Gasteiger partial charge in [0.25, 0.3) is 0 Å². The molecule has 2 aliphatic rings. The first-order valence-corrected chi connectivity index (χ1v) is 10.3. The van der Waals surface area contributed by atoms with Gasteiger partial charge in [0.2, 0.25) is 5.91 Å². The molecule has 1 saturated heterocycles. The van der Waals surface area contributed by atoms with E-state index in [9.17, 15) is 4.79 Å². The summed E-state index contributed by atoms with van der Waals surface area (Å²) in [5, 5.41) is 6.93. The number of carbonyl (C=O) groups is 1. The Morgan fingerprint density at radius 3 is 2.64 bits per heavy atom. The molecule has 1 aromatic rings. The summed E-state index contributed by atoms with van der Waals surface area (Å²) in [5.74, 6) is 1.19. The molecule has 5 nitrogen and oxygen atoms in total. The maximum atomic E-state index is 12.2. The molecule has 1 saturated carbocycles.